The average molecular weight is 909 g/mol. The van der Waals surface area contributed by atoms with Gasteiger partial charge < -0.3 is 14.5 Å². The van der Waals surface area contributed by atoms with Crippen LogP contribution in [0.4, 0.5) is 28.4 Å². The number of anilines is 5. The van der Waals surface area contributed by atoms with Gasteiger partial charge >= 0.3 is 0 Å². The monoisotopic (exact) mass is 908 g/mol. The minimum absolute atomic E-state index is 0.00938. The van der Waals surface area contributed by atoms with Gasteiger partial charge in [0.2, 0.25) is 6.71 Å². The van der Waals surface area contributed by atoms with Crippen LogP contribution in [0.15, 0.2) is 139 Å². The van der Waals surface area contributed by atoms with Crippen LogP contribution in [-0.4, -0.2) is 12.9 Å². The van der Waals surface area contributed by atoms with Gasteiger partial charge in [0.15, 0.2) is 6.23 Å². The van der Waals surface area contributed by atoms with E-state index in [0.29, 0.717) is 0 Å². The Kier molecular flexibility index (Phi) is 10.3. The van der Waals surface area contributed by atoms with Crippen LogP contribution in [0, 0.1) is 13.8 Å². The van der Waals surface area contributed by atoms with Gasteiger partial charge in [-0.25, -0.2) is 0 Å². The molecule has 11 rings (SSSR count). The van der Waals surface area contributed by atoms with Gasteiger partial charge in [0.1, 0.15) is 5.75 Å². The van der Waals surface area contributed by atoms with Crippen LogP contribution in [0.25, 0.3) is 32.3 Å². The molecule has 2 unspecified atom stereocenters. The van der Waals surface area contributed by atoms with Gasteiger partial charge in [-0.05, 0) is 145 Å². The highest BCUT2D eigenvalue weighted by atomic mass is 32.1. The van der Waals surface area contributed by atoms with Crippen molar-refractivity contribution >= 4 is 67.5 Å². The van der Waals surface area contributed by atoms with E-state index >= 15 is 0 Å². The van der Waals surface area contributed by atoms with Gasteiger partial charge in [-0.15, -0.1) is 11.3 Å². The Labute approximate surface area is 409 Å². The largest absolute Gasteiger partial charge is 0.470 e. The maximum absolute atomic E-state index is 7.50. The van der Waals surface area contributed by atoms with Crippen molar-refractivity contribution in [2.75, 3.05) is 9.80 Å². The molecule has 0 aliphatic carbocycles. The molecule has 0 radical (unpaired) electrons. The van der Waals surface area contributed by atoms with Crippen molar-refractivity contribution in [1.82, 2.24) is 0 Å². The molecule has 0 saturated heterocycles. The van der Waals surface area contributed by atoms with E-state index in [4.69, 9.17) is 4.74 Å². The Morgan fingerprint density at radius 3 is 1.91 bits per heavy atom. The molecule has 68 heavy (non-hydrogen) atoms. The number of benzene rings is 7. The van der Waals surface area contributed by atoms with E-state index in [1.807, 2.05) is 11.3 Å². The fourth-order valence-corrected chi connectivity index (χ4v) is 12.4. The van der Waals surface area contributed by atoms with Crippen LogP contribution in [0.3, 0.4) is 0 Å². The topological polar surface area (TPSA) is 15.7 Å². The van der Waals surface area contributed by atoms with Gasteiger partial charge in [-0.3, -0.25) is 0 Å². The zero-order chi connectivity index (χ0) is 47.8. The summed E-state index contributed by atoms with van der Waals surface area (Å²) in [4.78, 5) is 5.29. The molecule has 5 heteroatoms. The predicted molar refractivity (Wildman–Crippen MR) is 294 cm³/mol. The molecule has 0 amide bonds. The molecule has 7 aromatic carbocycles. The van der Waals surface area contributed by atoms with Crippen molar-refractivity contribution in [2.24, 2.45) is 0 Å². The molecule has 0 saturated carbocycles. The summed E-state index contributed by atoms with van der Waals surface area (Å²) in [5.41, 5.74) is 22.9. The molecule has 0 N–H and O–H groups in total. The van der Waals surface area contributed by atoms with Crippen LogP contribution >= 0.6 is 11.3 Å². The van der Waals surface area contributed by atoms with Crippen molar-refractivity contribution in [2.45, 2.75) is 124 Å². The first-order chi connectivity index (χ1) is 32.3. The lowest BCUT2D eigenvalue weighted by molar-refractivity contribution is 0.231. The predicted octanol–water partition coefficient (Wildman–Crippen LogP) is 16.5. The van der Waals surface area contributed by atoms with Gasteiger partial charge in [-0.2, -0.15) is 0 Å². The van der Waals surface area contributed by atoms with E-state index in [2.05, 4.69) is 239 Å². The van der Waals surface area contributed by atoms with E-state index < -0.39 is 0 Å². The Morgan fingerprint density at radius 2 is 1.22 bits per heavy atom. The third kappa shape index (κ3) is 7.13. The second-order valence-electron chi connectivity index (χ2n) is 23.3. The third-order valence-electron chi connectivity index (χ3n) is 15.2. The second-order valence-corrected chi connectivity index (χ2v) is 24.2. The van der Waals surface area contributed by atoms with Crippen LogP contribution in [0.1, 0.15) is 127 Å². The quantitative estimate of drug-likeness (QED) is 0.160. The molecule has 1 aromatic heterocycles. The molecule has 0 bridgehead atoms. The Balaban J connectivity index is 1.27. The van der Waals surface area contributed by atoms with E-state index in [-0.39, 0.29) is 40.9 Å². The van der Waals surface area contributed by atoms with Crippen molar-refractivity contribution in [3.05, 3.63) is 178 Å². The summed E-state index contributed by atoms with van der Waals surface area (Å²) in [6, 6.07) is 51.6. The molecular weight excluding hydrogens is 844 g/mol. The fraction of sp³-hybridized carbons (Fsp3) is 0.302. The maximum Gasteiger partial charge on any atom is 0.231 e. The summed E-state index contributed by atoms with van der Waals surface area (Å²) in [6.45, 7) is 30.3. The second kappa shape index (κ2) is 15.8. The number of rotatable bonds is 5. The third-order valence-corrected chi connectivity index (χ3v) is 16.2. The summed E-state index contributed by atoms with van der Waals surface area (Å²) in [6.07, 6.45) is -0.267. The number of aryl methyl sites for hydroxylation is 2. The highest BCUT2D eigenvalue weighted by Gasteiger charge is 2.56. The van der Waals surface area contributed by atoms with E-state index in [1.54, 1.807) is 0 Å². The summed E-state index contributed by atoms with van der Waals surface area (Å²) < 4.78 is 8.81. The van der Waals surface area contributed by atoms with E-state index in [1.165, 1.54) is 111 Å². The molecule has 3 aliphatic heterocycles. The number of nitrogens with zero attached hydrogens (tertiary/aromatic N) is 2. The highest BCUT2D eigenvalue weighted by Crippen LogP contribution is 2.55. The molecule has 8 aromatic rings. The number of fused-ring (bicyclic) bond motifs is 7. The zero-order valence-corrected chi connectivity index (χ0v) is 43.1. The van der Waals surface area contributed by atoms with Gasteiger partial charge in [0, 0.05) is 44.1 Å². The minimum atomic E-state index is -0.267. The summed E-state index contributed by atoms with van der Waals surface area (Å²) >= 11 is 1.83. The molecule has 3 aliphatic rings. The fourth-order valence-electron chi connectivity index (χ4n) is 11.5. The first-order valence-electron chi connectivity index (χ1n) is 24.8. The molecular formula is C63H65BN2OS. The Bertz CT molecular complexity index is 3280. The smallest absolute Gasteiger partial charge is 0.231 e. The molecule has 0 fully saturated rings. The summed E-state index contributed by atoms with van der Waals surface area (Å²) in [5.74, 6) is 1.28. The lowest BCUT2D eigenvalue weighted by atomic mass is 9.29. The van der Waals surface area contributed by atoms with E-state index in [0.717, 1.165) is 5.75 Å². The zero-order valence-electron chi connectivity index (χ0n) is 42.3. The Morgan fingerprint density at radius 1 is 0.574 bits per heavy atom. The summed E-state index contributed by atoms with van der Waals surface area (Å²) in [7, 11) is 0. The van der Waals surface area contributed by atoms with Crippen LogP contribution in [-0.2, 0) is 16.2 Å². The van der Waals surface area contributed by atoms with Crippen molar-refractivity contribution in [1.29, 1.82) is 0 Å². The first kappa shape index (κ1) is 44.5. The van der Waals surface area contributed by atoms with E-state index in [9.17, 15) is 0 Å². The number of thiophene rings is 1. The normalized spacial score (nSPS) is 16.5. The number of ether oxygens (including phenoxy) is 1. The molecule has 342 valence electrons. The van der Waals surface area contributed by atoms with Crippen molar-refractivity contribution < 1.29 is 4.74 Å². The molecule has 4 heterocycles. The average Bonchev–Trinajstić information content (AvgIpc) is 3.90. The van der Waals surface area contributed by atoms with Crippen LogP contribution in [0.5, 0.6) is 5.75 Å². The lowest BCUT2D eigenvalue weighted by Gasteiger charge is -2.49. The number of hydrogen-bond donors (Lipinski definition) is 0. The molecule has 2 atom stereocenters. The standard InChI is InChI=1S/C63H65BN2OS/c1-37(2)42-32-53-58-54(33-42)66(59-38(3)29-45(30-39(59)4)63(11,12)13)60-57(48-35-44(62(8,9)10)25-28-55(48)67-60)64(58)50-26-23-41(49-36-68-56-22-18-17-21-46(49)56)31-52(50)65(53)51-27-24-43(61(5,6)7)34-47(51)40-19-15-14-16-20-40/h14-37,57,60H,1-13H3. The maximum atomic E-state index is 7.50. The first-order valence-corrected chi connectivity index (χ1v) is 25.7. The van der Waals surface area contributed by atoms with Gasteiger partial charge in [0.25, 0.3) is 0 Å². The minimum Gasteiger partial charge on any atom is -0.470 e. The van der Waals surface area contributed by atoms with Crippen LogP contribution < -0.4 is 25.5 Å². The number of hydrogen-bond acceptors (Lipinski definition) is 4. The van der Waals surface area contributed by atoms with Gasteiger partial charge in [0.05, 0.1) is 11.4 Å². The van der Waals surface area contributed by atoms with Gasteiger partial charge in [-0.1, -0.05) is 167 Å². The van der Waals surface area contributed by atoms with Crippen molar-refractivity contribution in [3.63, 3.8) is 0 Å². The van der Waals surface area contributed by atoms with Crippen LogP contribution in [0.2, 0.25) is 0 Å². The van der Waals surface area contributed by atoms with Crippen molar-refractivity contribution in [3.8, 4) is 28.0 Å². The SMILES string of the molecule is Cc1cc(C(C)(C)C)cc(C)c1N1c2cc(C(C)C)cc3c2B(c2ccc(-c4csc5ccccc45)cc2N3c2ccc(C(C)(C)C)cc2-c2ccccc2)C2c3cc(C(C)(C)C)ccc3OC21. The highest BCUT2D eigenvalue weighted by molar-refractivity contribution is 7.17. The molecule has 0 spiro atoms. The lowest BCUT2D eigenvalue weighted by Crippen LogP contribution is -2.63. The molecule has 3 nitrogen and oxygen atoms in total. The summed E-state index contributed by atoms with van der Waals surface area (Å²) in [5, 5.41) is 3.66. The Hall–Kier alpha value is -6.04.